The SMILES string of the molecule is C=C(C)Cn1cc(C(=O)N2CCNCC2)cn1. The van der Waals surface area contributed by atoms with Crippen LogP contribution in [0.1, 0.15) is 17.3 Å². The Balaban J connectivity index is 2.03. The van der Waals surface area contributed by atoms with Crippen LogP contribution in [0.4, 0.5) is 0 Å². The smallest absolute Gasteiger partial charge is 0.257 e. The van der Waals surface area contributed by atoms with Gasteiger partial charge in [-0.2, -0.15) is 5.10 Å². The first kappa shape index (κ1) is 11.9. The van der Waals surface area contributed by atoms with Crippen molar-refractivity contribution in [2.75, 3.05) is 26.2 Å². The summed E-state index contributed by atoms with van der Waals surface area (Å²) in [5.41, 5.74) is 1.68. The molecule has 0 atom stereocenters. The molecule has 92 valence electrons. The number of aromatic nitrogens is 2. The maximum atomic E-state index is 12.1. The second-order valence-corrected chi connectivity index (χ2v) is 4.43. The molecule has 0 aromatic carbocycles. The maximum absolute atomic E-state index is 12.1. The number of hydrogen-bond donors (Lipinski definition) is 1. The summed E-state index contributed by atoms with van der Waals surface area (Å²) in [4.78, 5) is 14.0. The Morgan fingerprint density at radius 1 is 1.53 bits per heavy atom. The Labute approximate surface area is 101 Å². The summed E-state index contributed by atoms with van der Waals surface area (Å²) in [6.07, 6.45) is 3.42. The Morgan fingerprint density at radius 3 is 2.88 bits per heavy atom. The van der Waals surface area contributed by atoms with Crippen molar-refractivity contribution >= 4 is 5.91 Å². The molecule has 1 aliphatic rings. The lowest BCUT2D eigenvalue weighted by atomic mass is 10.2. The van der Waals surface area contributed by atoms with Crippen molar-refractivity contribution in [3.8, 4) is 0 Å². The highest BCUT2D eigenvalue weighted by molar-refractivity contribution is 5.93. The zero-order valence-electron chi connectivity index (χ0n) is 10.1. The molecule has 5 nitrogen and oxygen atoms in total. The van der Waals surface area contributed by atoms with Crippen molar-refractivity contribution < 1.29 is 4.79 Å². The van der Waals surface area contributed by atoms with E-state index in [1.54, 1.807) is 17.1 Å². The molecular weight excluding hydrogens is 216 g/mol. The second kappa shape index (κ2) is 5.14. The molecule has 0 spiro atoms. The monoisotopic (exact) mass is 234 g/mol. The first-order chi connectivity index (χ1) is 8.16. The Bertz CT molecular complexity index is 418. The van der Waals surface area contributed by atoms with Crippen LogP contribution in [0.25, 0.3) is 0 Å². The first-order valence-corrected chi connectivity index (χ1v) is 5.83. The van der Waals surface area contributed by atoms with Gasteiger partial charge in [0, 0.05) is 32.4 Å². The van der Waals surface area contributed by atoms with Gasteiger partial charge < -0.3 is 10.2 Å². The van der Waals surface area contributed by atoms with Gasteiger partial charge in [0.15, 0.2) is 0 Å². The lowest BCUT2D eigenvalue weighted by molar-refractivity contribution is 0.0735. The molecule has 2 rings (SSSR count). The number of nitrogens with zero attached hydrogens (tertiary/aromatic N) is 3. The van der Waals surface area contributed by atoms with Crippen LogP contribution in [0.15, 0.2) is 24.5 Å². The van der Waals surface area contributed by atoms with Crippen LogP contribution in [0, 0.1) is 0 Å². The predicted octanol–water partition coefficient (Wildman–Crippen LogP) is 0.505. The van der Waals surface area contributed by atoms with E-state index in [-0.39, 0.29) is 5.91 Å². The van der Waals surface area contributed by atoms with E-state index >= 15 is 0 Å². The van der Waals surface area contributed by atoms with Crippen LogP contribution >= 0.6 is 0 Å². The van der Waals surface area contributed by atoms with Crippen LogP contribution < -0.4 is 5.32 Å². The van der Waals surface area contributed by atoms with E-state index in [1.165, 1.54) is 0 Å². The Kier molecular flexibility index (Phi) is 3.58. The van der Waals surface area contributed by atoms with Crippen molar-refractivity contribution in [1.29, 1.82) is 0 Å². The summed E-state index contributed by atoms with van der Waals surface area (Å²) < 4.78 is 1.75. The average Bonchev–Trinajstić information content (AvgIpc) is 2.77. The highest BCUT2D eigenvalue weighted by Crippen LogP contribution is 2.06. The van der Waals surface area contributed by atoms with E-state index in [0.29, 0.717) is 12.1 Å². The quantitative estimate of drug-likeness (QED) is 0.775. The number of rotatable bonds is 3. The molecule has 2 heterocycles. The number of allylic oxidation sites excluding steroid dienone is 1. The van der Waals surface area contributed by atoms with Gasteiger partial charge in [0.1, 0.15) is 0 Å². The summed E-state index contributed by atoms with van der Waals surface area (Å²) in [5.74, 6) is 0.0689. The first-order valence-electron chi connectivity index (χ1n) is 5.83. The van der Waals surface area contributed by atoms with Gasteiger partial charge in [0.25, 0.3) is 5.91 Å². The van der Waals surface area contributed by atoms with Crippen LogP contribution in [0.5, 0.6) is 0 Å². The minimum absolute atomic E-state index is 0.0689. The molecule has 1 aliphatic heterocycles. The number of hydrogen-bond acceptors (Lipinski definition) is 3. The summed E-state index contributed by atoms with van der Waals surface area (Å²) in [6.45, 7) is 9.71. The summed E-state index contributed by atoms with van der Waals surface area (Å²) in [7, 11) is 0. The van der Waals surface area contributed by atoms with E-state index in [9.17, 15) is 4.79 Å². The van der Waals surface area contributed by atoms with Gasteiger partial charge in [-0.3, -0.25) is 9.48 Å². The Hall–Kier alpha value is -1.62. The van der Waals surface area contributed by atoms with Gasteiger partial charge in [-0.25, -0.2) is 0 Å². The van der Waals surface area contributed by atoms with E-state index < -0.39 is 0 Å². The normalized spacial score (nSPS) is 15.9. The molecule has 1 amide bonds. The number of carbonyl (C=O) groups is 1. The number of nitrogens with one attached hydrogen (secondary N) is 1. The summed E-state index contributed by atoms with van der Waals surface area (Å²) in [6, 6.07) is 0. The highest BCUT2D eigenvalue weighted by Gasteiger charge is 2.19. The molecular formula is C12H18N4O. The van der Waals surface area contributed by atoms with Crippen LogP contribution in [0.2, 0.25) is 0 Å². The maximum Gasteiger partial charge on any atom is 0.257 e. The van der Waals surface area contributed by atoms with Gasteiger partial charge in [0.2, 0.25) is 0 Å². The van der Waals surface area contributed by atoms with Crippen molar-refractivity contribution in [1.82, 2.24) is 20.0 Å². The fourth-order valence-corrected chi connectivity index (χ4v) is 1.89. The molecule has 1 aromatic heterocycles. The van der Waals surface area contributed by atoms with Gasteiger partial charge in [-0.15, -0.1) is 0 Å². The molecule has 1 fully saturated rings. The highest BCUT2D eigenvalue weighted by atomic mass is 16.2. The van der Waals surface area contributed by atoms with Crippen molar-refractivity contribution in [3.05, 3.63) is 30.1 Å². The van der Waals surface area contributed by atoms with Crippen molar-refractivity contribution in [2.45, 2.75) is 13.5 Å². The summed E-state index contributed by atoms with van der Waals surface area (Å²) >= 11 is 0. The molecule has 0 unspecified atom stereocenters. The fourth-order valence-electron chi connectivity index (χ4n) is 1.89. The van der Waals surface area contributed by atoms with E-state index in [1.807, 2.05) is 11.8 Å². The molecule has 0 radical (unpaired) electrons. The topological polar surface area (TPSA) is 50.2 Å². The second-order valence-electron chi connectivity index (χ2n) is 4.43. The van der Waals surface area contributed by atoms with E-state index in [0.717, 1.165) is 31.8 Å². The minimum Gasteiger partial charge on any atom is -0.336 e. The third-order valence-corrected chi connectivity index (χ3v) is 2.72. The van der Waals surface area contributed by atoms with E-state index in [2.05, 4.69) is 17.0 Å². The third-order valence-electron chi connectivity index (χ3n) is 2.72. The molecule has 5 heteroatoms. The number of amides is 1. The molecule has 1 aromatic rings. The lowest BCUT2D eigenvalue weighted by Gasteiger charge is -2.26. The summed E-state index contributed by atoms with van der Waals surface area (Å²) in [5, 5.41) is 7.39. The molecule has 0 saturated carbocycles. The third kappa shape index (κ3) is 2.94. The molecule has 17 heavy (non-hydrogen) atoms. The number of carbonyl (C=O) groups excluding carboxylic acids is 1. The molecule has 1 saturated heterocycles. The fraction of sp³-hybridized carbons (Fsp3) is 0.500. The zero-order chi connectivity index (χ0) is 12.3. The van der Waals surface area contributed by atoms with Crippen molar-refractivity contribution in [3.63, 3.8) is 0 Å². The minimum atomic E-state index is 0.0689. The average molecular weight is 234 g/mol. The largest absolute Gasteiger partial charge is 0.336 e. The molecule has 1 N–H and O–H groups in total. The van der Waals surface area contributed by atoms with E-state index in [4.69, 9.17) is 0 Å². The zero-order valence-corrected chi connectivity index (χ0v) is 10.1. The van der Waals surface area contributed by atoms with Crippen LogP contribution in [-0.2, 0) is 6.54 Å². The Morgan fingerprint density at radius 2 is 2.24 bits per heavy atom. The molecule has 0 bridgehead atoms. The molecule has 0 aliphatic carbocycles. The van der Waals surface area contributed by atoms with Crippen LogP contribution in [0.3, 0.4) is 0 Å². The van der Waals surface area contributed by atoms with Gasteiger partial charge >= 0.3 is 0 Å². The van der Waals surface area contributed by atoms with Gasteiger partial charge in [-0.05, 0) is 6.92 Å². The standard InChI is InChI=1S/C12H18N4O/c1-10(2)8-16-9-11(7-14-16)12(17)15-5-3-13-4-6-15/h7,9,13H,1,3-6,8H2,2H3. The van der Waals surface area contributed by atoms with Gasteiger partial charge in [-0.1, -0.05) is 12.2 Å². The predicted molar refractivity (Wildman–Crippen MR) is 65.8 cm³/mol. The lowest BCUT2D eigenvalue weighted by Crippen LogP contribution is -2.46. The van der Waals surface area contributed by atoms with Crippen LogP contribution in [-0.4, -0.2) is 46.8 Å². The van der Waals surface area contributed by atoms with Crippen molar-refractivity contribution in [2.24, 2.45) is 0 Å². The number of piperazine rings is 1. The van der Waals surface area contributed by atoms with Gasteiger partial charge in [0.05, 0.1) is 18.3 Å².